The van der Waals surface area contributed by atoms with Crippen LogP contribution in [-0.4, -0.2) is 34.4 Å². The van der Waals surface area contributed by atoms with E-state index >= 15 is 0 Å². The number of rotatable bonds is 6. The predicted octanol–water partition coefficient (Wildman–Crippen LogP) is 0.247. The summed E-state index contributed by atoms with van der Waals surface area (Å²) in [5.41, 5.74) is 0. The molecule has 0 saturated carbocycles. The van der Waals surface area contributed by atoms with Gasteiger partial charge in [0.05, 0.1) is 0 Å². The number of nitrogens with one attached hydrogen (secondary N) is 1. The van der Waals surface area contributed by atoms with Gasteiger partial charge >= 0.3 is 5.97 Å². The highest BCUT2D eigenvalue weighted by molar-refractivity contribution is 8.13. The Kier molecular flexibility index (Phi) is 6.82. The molecular formula is C8H13NO4S. The molecule has 80 valence electrons. The van der Waals surface area contributed by atoms with E-state index < -0.39 is 12.4 Å². The van der Waals surface area contributed by atoms with Crippen molar-refractivity contribution in [2.75, 3.05) is 12.3 Å². The number of hydrogen-bond acceptors (Lipinski definition) is 4. The SMILES string of the molecule is CCC(=O)NCCSC(=O)CC(=O)O. The Labute approximate surface area is 86.2 Å². The molecule has 2 N–H and O–H groups in total. The number of hydrogen-bond donors (Lipinski definition) is 2. The molecule has 0 heterocycles. The summed E-state index contributed by atoms with van der Waals surface area (Å²) in [5, 5.41) is 10.5. The Morgan fingerprint density at radius 1 is 1.36 bits per heavy atom. The molecule has 14 heavy (non-hydrogen) atoms. The van der Waals surface area contributed by atoms with Crippen LogP contribution >= 0.6 is 11.8 Å². The first kappa shape index (κ1) is 13.0. The highest BCUT2D eigenvalue weighted by atomic mass is 32.2. The lowest BCUT2D eigenvalue weighted by Gasteiger charge is -2.01. The molecule has 0 unspecified atom stereocenters. The molecule has 0 radical (unpaired) electrons. The van der Waals surface area contributed by atoms with Crippen LogP contribution in [0.1, 0.15) is 19.8 Å². The van der Waals surface area contributed by atoms with Crippen molar-refractivity contribution < 1.29 is 19.5 Å². The standard InChI is InChI=1S/C8H13NO4S/c1-2-6(10)9-3-4-14-8(13)5-7(11)12/h2-5H2,1H3,(H,9,10)(H,11,12). The first-order valence-electron chi connectivity index (χ1n) is 4.20. The summed E-state index contributed by atoms with van der Waals surface area (Å²) >= 11 is 0.923. The molecule has 0 aromatic carbocycles. The maximum absolute atomic E-state index is 10.8. The average Bonchev–Trinajstić information content (AvgIpc) is 2.10. The van der Waals surface area contributed by atoms with E-state index in [2.05, 4.69) is 5.32 Å². The summed E-state index contributed by atoms with van der Waals surface area (Å²) in [6.07, 6.45) is -0.0554. The predicted molar refractivity (Wildman–Crippen MR) is 53.0 cm³/mol. The van der Waals surface area contributed by atoms with Gasteiger partial charge in [-0.25, -0.2) is 0 Å². The molecule has 0 aliphatic carbocycles. The monoisotopic (exact) mass is 219 g/mol. The normalized spacial score (nSPS) is 9.50. The maximum atomic E-state index is 10.8. The van der Waals surface area contributed by atoms with Gasteiger partial charge in [-0.1, -0.05) is 18.7 Å². The first-order chi connectivity index (χ1) is 6.56. The van der Waals surface area contributed by atoms with Crippen molar-refractivity contribution in [3.05, 3.63) is 0 Å². The van der Waals surface area contributed by atoms with Gasteiger partial charge in [-0.2, -0.15) is 0 Å². The summed E-state index contributed by atoms with van der Waals surface area (Å²) in [4.78, 5) is 31.7. The third-order valence-electron chi connectivity index (χ3n) is 1.30. The van der Waals surface area contributed by atoms with Crippen LogP contribution in [0.15, 0.2) is 0 Å². The van der Waals surface area contributed by atoms with Gasteiger partial charge in [0.2, 0.25) is 5.91 Å². The van der Waals surface area contributed by atoms with Gasteiger partial charge in [-0.3, -0.25) is 14.4 Å². The molecule has 0 aliphatic heterocycles. The van der Waals surface area contributed by atoms with Crippen LogP contribution < -0.4 is 5.32 Å². The fourth-order valence-corrected chi connectivity index (χ4v) is 1.31. The molecule has 0 bridgehead atoms. The Morgan fingerprint density at radius 3 is 2.50 bits per heavy atom. The number of amides is 1. The van der Waals surface area contributed by atoms with Crippen molar-refractivity contribution in [1.82, 2.24) is 5.32 Å². The van der Waals surface area contributed by atoms with Crippen LogP contribution in [0.5, 0.6) is 0 Å². The lowest BCUT2D eigenvalue weighted by Crippen LogP contribution is -2.25. The third-order valence-corrected chi connectivity index (χ3v) is 2.18. The highest BCUT2D eigenvalue weighted by Gasteiger charge is 2.07. The smallest absolute Gasteiger partial charge is 0.311 e. The number of thioether (sulfide) groups is 1. The minimum absolute atomic E-state index is 0.0729. The Hall–Kier alpha value is -1.04. The highest BCUT2D eigenvalue weighted by Crippen LogP contribution is 2.03. The fraction of sp³-hybridized carbons (Fsp3) is 0.625. The minimum Gasteiger partial charge on any atom is -0.481 e. The summed E-state index contributed by atoms with van der Waals surface area (Å²) in [7, 11) is 0. The van der Waals surface area contributed by atoms with Crippen molar-refractivity contribution in [2.24, 2.45) is 0 Å². The van der Waals surface area contributed by atoms with Crippen LogP contribution in [0.4, 0.5) is 0 Å². The van der Waals surface area contributed by atoms with Crippen molar-refractivity contribution in [3.63, 3.8) is 0 Å². The lowest BCUT2D eigenvalue weighted by atomic mass is 10.4. The summed E-state index contributed by atoms with van der Waals surface area (Å²) in [6.45, 7) is 2.13. The van der Waals surface area contributed by atoms with Gasteiger partial charge < -0.3 is 10.4 Å². The van der Waals surface area contributed by atoms with Gasteiger partial charge in [0.15, 0.2) is 5.12 Å². The van der Waals surface area contributed by atoms with E-state index in [4.69, 9.17) is 5.11 Å². The third kappa shape index (κ3) is 7.60. The van der Waals surface area contributed by atoms with Gasteiger partial charge in [0.1, 0.15) is 6.42 Å². The molecule has 0 fully saturated rings. The van der Waals surface area contributed by atoms with E-state index in [0.29, 0.717) is 18.7 Å². The molecule has 1 amide bonds. The molecule has 0 saturated heterocycles. The van der Waals surface area contributed by atoms with Crippen LogP contribution in [-0.2, 0) is 14.4 Å². The summed E-state index contributed by atoms with van der Waals surface area (Å²) in [6, 6.07) is 0. The van der Waals surface area contributed by atoms with Gasteiger partial charge in [0.25, 0.3) is 0 Å². The zero-order chi connectivity index (χ0) is 11.0. The quantitative estimate of drug-likeness (QED) is 0.494. The maximum Gasteiger partial charge on any atom is 0.311 e. The topological polar surface area (TPSA) is 83.5 Å². The van der Waals surface area contributed by atoms with E-state index in [-0.39, 0.29) is 11.0 Å². The van der Waals surface area contributed by atoms with E-state index in [0.717, 1.165) is 11.8 Å². The molecule has 0 aromatic rings. The largest absolute Gasteiger partial charge is 0.481 e. The van der Waals surface area contributed by atoms with E-state index in [9.17, 15) is 14.4 Å². The van der Waals surface area contributed by atoms with E-state index in [1.54, 1.807) is 6.92 Å². The van der Waals surface area contributed by atoms with Crippen LogP contribution in [0.2, 0.25) is 0 Å². The zero-order valence-corrected chi connectivity index (χ0v) is 8.73. The molecule has 0 spiro atoms. The molecule has 0 rings (SSSR count). The number of carbonyl (C=O) groups excluding carboxylic acids is 2. The minimum atomic E-state index is -1.12. The fourth-order valence-electron chi connectivity index (χ4n) is 0.655. The van der Waals surface area contributed by atoms with E-state index in [1.807, 2.05) is 0 Å². The van der Waals surface area contributed by atoms with Crippen LogP contribution in [0, 0.1) is 0 Å². The second kappa shape index (κ2) is 7.37. The average molecular weight is 219 g/mol. The Bertz CT molecular complexity index is 229. The summed E-state index contributed by atoms with van der Waals surface area (Å²) < 4.78 is 0. The number of carboxylic acid groups (broad SMARTS) is 1. The zero-order valence-electron chi connectivity index (χ0n) is 7.91. The number of carboxylic acids is 1. The first-order valence-corrected chi connectivity index (χ1v) is 5.19. The van der Waals surface area contributed by atoms with E-state index in [1.165, 1.54) is 0 Å². The summed E-state index contributed by atoms with van der Waals surface area (Å²) in [5.74, 6) is -0.783. The Morgan fingerprint density at radius 2 is 2.00 bits per heavy atom. The molecule has 0 atom stereocenters. The Balaban J connectivity index is 3.40. The van der Waals surface area contributed by atoms with Crippen molar-refractivity contribution in [3.8, 4) is 0 Å². The number of aliphatic carboxylic acids is 1. The van der Waals surface area contributed by atoms with Crippen molar-refractivity contribution >= 4 is 28.8 Å². The van der Waals surface area contributed by atoms with Gasteiger partial charge in [0, 0.05) is 18.7 Å². The van der Waals surface area contributed by atoms with Crippen molar-refractivity contribution in [2.45, 2.75) is 19.8 Å². The molecular weight excluding hydrogens is 206 g/mol. The second-order valence-electron chi connectivity index (χ2n) is 2.49. The van der Waals surface area contributed by atoms with Crippen LogP contribution in [0.25, 0.3) is 0 Å². The second-order valence-corrected chi connectivity index (χ2v) is 3.65. The van der Waals surface area contributed by atoms with Gasteiger partial charge in [-0.05, 0) is 0 Å². The molecule has 5 nitrogen and oxygen atoms in total. The molecule has 0 aromatic heterocycles. The number of carbonyl (C=O) groups is 3. The van der Waals surface area contributed by atoms with Crippen molar-refractivity contribution in [1.29, 1.82) is 0 Å². The van der Waals surface area contributed by atoms with Gasteiger partial charge in [-0.15, -0.1) is 0 Å². The van der Waals surface area contributed by atoms with Crippen LogP contribution in [0.3, 0.4) is 0 Å². The lowest BCUT2D eigenvalue weighted by molar-refractivity contribution is -0.138. The molecule has 6 heteroatoms. The molecule has 0 aliphatic rings.